The van der Waals surface area contributed by atoms with Gasteiger partial charge in [-0.25, -0.2) is 4.18 Å². The molecule has 15 heavy (non-hydrogen) atoms. The summed E-state index contributed by atoms with van der Waals surface area (Å²) in [6.07, 6.45) is 2.26. The number of rotatable bonds is 9. The second-order valence-corrected chi connectivity index (χ2v) is 4.61. The zero-order valence-corrected chi connectivity index (χ0v) is 9.75. The van der Waals surface area contributed by atoms with Crippen molar-refractivity contribution in [1.82, 2.24) is 5.48 Å². The Morgan fingerprint density at radius 3 is 2.60 bits per heavy atom. The van der Waals surface area contributed by atoms with Crippen molar-refractivity contribution in [3.05, 3.63) is 0 Å². The standard InChI is InChI=1S/C8H17NO5S/c1-3-4-7-13-9-8(5-6-10)14-15(2,11)12/h6,8-9H,3-5,7H2,1-2H3/t8-/m0/s1. The summed E-state index contributed by atoms with van der Waals surface area (Å²) < 4.78 is 26.1. The third kappa shape index (κ3) is 9.80. The summed E-state index contributed by atoms with van der Waals surface area (Å²) in [5.74, 6) is 0. The van der Waals surface area contributed by atoms with Gasteiger partial charge in [-0.05, 0) is 6.42 Å². The summed E-state index contributed by atoms with van der Waals surface area (Å²) in [5, 5.41) is 0. The van der Waals surface area contributed by atoms with Gasteiger partial charge in [0.2, 0.25) is 0 Å². The molecule has 0 spiro atoms. The van der Waals surface area contributed by atoms with E-state index in [1.54, 1.807) is 0 Å². The molecule has 0 heterocycles. The fourth-order valence-electron chi connectivity index (χ4n) is 0.774. The van der Waals surface area contributed by atoms with Crippen LogP contribution in [0.15, 0.2) is 0 Å². The van der Waals surface area contributed by atoms with Gasteiger partial charge in [0, 0.05) is 6.42 Å². The van der Waals surface area contributed by atoms with Crippen molar-refractivity contribution in [3.8, 4) is 0 Å². The van der Waals surface area contributed by atoms with Crippen LogP contribution in [-0.4, -0.2) is 33.8 Å². The molecule has 1 N–H and O–H groups in total. The van der Waals surface area contributed by atoms with Crippen molar-refractivity contribution < 1.29 is 22.2 Å². The van der Waals surface area contributed by atoms with Gasteiger partial charge in [-0.2, -0.15) is 13.9 Å². The first-order chi connectivity index (χ1) is 6.99. The van der Waals surface area contributed by atoms with E-state index in [1.807, 2.05) is 6.92 Å². The SMILES string of the molecule is CCCCON[C@H](CC=O)OS(C)(=O)=O. The summed E-state index contributed by atoms with van der Waals surface area (Å²) in [7, 11) is -3.59. The molecule has 7 heteroatoms. The van der Waals surface area contributed by atoms with Gasteiger partial charge in [-0.3, -0.25) is 4.84 Å². The fourth-order valence-corrected chi connectivity index (χ4v) is 1.31. The molecule has 90 valence electrons. The number of aldehydes is 1. The Kier molecular flexibility index (Phi) is 7.49. The van der Waals surface area contributed by atoms with Gasteiger partial charge in [0.1, 0.15) is 6.29 Å². The van der Waals surface area contributed by atoms with Crippen molar-refractivity contribution in [2.75, 3.05) is 12.9 Å². The summed E-state index contributed by atoms with van der Waals surface area (Å²) in [6.45, 7) is 2.44. The second kappa shape index (κ2) is 7.75. The minimum Gasteiger partial charge on any atom is -0.303 e. The first-order valence-corrected chi connectivity index (χ1v) is 6.50. The van der Waals surface area contributed by atoms with Crippen molar-refractivity contribution in [1.29, 1.82) is 0 Å². The highest BCUT2D eigenvalue weighted by Gasteiger charge is 2.14. The Morgan fingerprint density at radius 2 is 2.13 bits per heavy atom. The maximum atomic E-state index is 10.8. The van der Waals surface area contributed by atoms with Crippen molar-refractivity contribution >= 4 is 16.4 Å². The van der Waals surface area contributed by atoms with Crippen LogP contribution in [0.1, 0.15) is 26.2 Å². The Balaban J connectivity index is 3.88. The zero-order valence-electron chi connectivity index (χ0n) is 8.93. The summed E-state index contributed by atoms with van der Waals surface area (Å²) in [6, 6.07) is 0. The third-order valence-corrected chi connectivity index (χ3v) is 2.00. The number of hydrogen-bond acceptors (Lipinski definition) is 6. The summed E-state index contributed by atoms with van der Waals surface area (Å²) >= 11 is 0. The number of hydroxylamine groups is 1. The lowest BCUT2D eigenvalue weighted by atomic mass is 10.4. The van der Waals surface area contributed by atoms with Crippen molar-refractivity contribution in [2.24, 2.45) is 0 Å². The van der Waals surface area contributed by atoms with Gasteiger partial charge in [0.25, 0.3) is 10.1 Å². The quantitative estimate of drug-likeness (QED) is 0.203. The Labute approximate surface area is 90.0 Å². The van der Waals surface area contributed by atoms with Crippen LogP contribution in [0.3, 0.4) is 0 Å². The van der Waals surface area contributed by atoms with E-state index in [4.69, 9.17) is 4.84 Å². The van der Waals surface area contributed by atoms with Crippen LogP contribution in [0, 0.1) is 0 Å². The number of nitrogens with one attached hydrogen (secondary N) is 1. The molecule has 0 saturated heterocycles. The maximum Gasteiger partial charge on any atom is 0.265 e. The highest BCUT2D eigenvalue weighted by molar-refractivity contribution is 7.86. The fraction of sp³-hybridized carbons (Fsp3) is 0.875. The van der Waals surface area contributed by atoms with E-state index in [1.165, 1.54) is 0 Å². The molecule has 0 aromatic carbocycles. The van der Waals surface area contributed by atoms with Gasteiger partial charge in [0.05, 0.1) is 12.9 Å². The Bertz CT molecular complexity index is 264. The summed E-state index contributed by atoms with van der Waals surface area (Å²) in [4.78, 5) is 15.2. The molecule has 0 saturated carbocycles. The third-order valence-electron chi connectivity index (χ3n) is 1.42. The average molecular weight is 239 g/mol. The van der Waals surface area contributed by atoms with E-state index in [0.717, 1.165) is 19.1 Å². The topological polar surface area (TPSA) is 81.7 Å². The van der Waals surface area contributed by atoms with Gasteiger partial charge >= 0.3 is 0 Å². The number of unbranched alkanes of at least 4 members (excludes halogenated alkanes) is 1. The van der Waals surface area contributed by atoms with Crippen LogP contribution < -0.4 is 5.48 Å². The van der Waals surface area contributed by atoms with E-state index in [2.05, 4.69) is 9.66 Å². The van der Waals surface area contributed by atoms with Gasteiger partial charge in [-0.1, -0.05) is 13.3 Å². The van der Waals surface area contributed by atoms with E-state index in [0.29, 0.717) is 12.9 Å². The monoisotopic (exact) mass is 239 g/mol. The average Bonchev–Trinajstić information content (AvgIpc) is 2.10. The molecular weight excluding hydrogens is 222 g/mol. The lowest BCUT2D eigenvalue weighted by molar-refractivity contribution is -0.112. The van der Waals surface area contributed by atoms with E-state index >= 15 is 0 Å². The summed E-state index contributed by atoms with van der Waals surface area (Å²) in [5.41, 5.74) is 2.38. The van der Waals surface area contributed by atoms with Crippen LogP contribution in [-0.2, 0) is 23.9 Å². The largest absolute Gasteiger partial charge is 0.303 e. The molecule has 1 atom stereocenters. The Morgan fingerprint density at radius 1 is 1.47 bits per heavy atom. The molecule has 0 aliphatic carbocycles. The predicted octanol–water partition coefficient (Wildman–Crippen LogP) is 0.199. The second-order valence-electron chi connectivity index (χ2n) is 3.01. The van der Waals surface area contributed by atoms with Gasteiger partial charge in [-0.15, -0.1) is 0 Å². The molecule has 0 aromatic rings. The first kappa shape index (κ1) is 14.5. The van der Waals surface area contributed by atoms with Gasteiger partial charge < -0.3 is 4.79 Å². The van der Waals surface area contributed by atoms with E-state index < -0.39 is 16.3 Å². The molecular formula is C8H17NO5S. The highest BCUT2D eigenvalue weighted by Crippen LogP contribution is 1.98. The van der Waals surface area contributed by atoms with E-state index in [9.17, 15) is 13.2 Å². The van der Waals surface area contributed by atoms with Crippen molar-refractivity contribution in [2.45, 2.75) is 32.4 Å². The lowest BCUT2D eigenvalue weighted by Gasteiger charge is -2.14. The normalized spacial score (nSPS) is 13.7. The van der Waals surface area contributed by atoms with Crippen molar-refractivity contribution in [3.63, 3.8) is 0 Å². The molecule has 0 aromatic heterocycles. The van der Waals surface area contributed by atoms with Crippen LogP contribution >= 0.6 is 0 Å². The molecule has 6 nitrogen and oxygen atoms in total. The molecule has 0 amide bonds. The molecule has 0 aliphatic heterocycles. The van der Waals surface area contributed by atoms with Crippen LogP contribution in [0.5, 0.6) is 0 Å². The predicted molar refractivity (Wildman–Crippen MR) is 54.4 cm³/mol. The maximum absolute atomic E-state index is 10.8. The molecule has 0 unspecified atom stereocenters. The first-order valence-electron chi connectivity index (χ1n) is 4.68. The lowest BCUT2D eigenvalue weighted by Crippen LogP contribution is -2.34. The number of carbonyl (C=O) groups excluding carboxylic acids is 1. The number of carbonyl (C=O) groups is 1. The van der Waals surface area contributed by atoms with Gasteiger partial charge in [0.15, 0.2) is 6.23 Å². The molecule has 0 radical (unpaired) electrons. The molecule has 0 aliphatic rings. The Hall–Kier alpha value is -0.500. The van der Waals surface area contributed by atoms with Crippen LogP contribution in [0.2, 0.25) is 0 Å². The zero-order chi connectivity index (χ0) is 11.7. The molecule has 0 fully saturated rings. The molecule has 0 bridgehead atoms. The van der Waals surface area contributed by atoms with Crippen LogP contribution in [0.4, 0.5) is 0 Å². The van der Waals surface area contributed by atoms with E-state index in [-0.39, 0.29) is 6.42 Å². The highest BCUT2D eigenvalue weighted by atomic mass is 32.2. The van der Waals surface area contributed by atoms with Crippen LogP contribution in [0.25, 0.3) is 0 Å². The number of hydrogen-bond donors (Lipinski definition) is 1. The minimum absolute atomic E-state index is 0.0841. The molecule has 0 rings (SSSR count). The smallest absolute Gasteiger partial charge is 0.265 e. The minimum atomic E-state index is -3.59.